The molecular formula is C20H12O6S2. The molecule has 0 radical (unpaired) electrons. The van der Waals surface area contributed by atoms with Crippen molar-refractivity contribution in [1.29, 1.82) is 0 Å². The smallest absolute Gasteiger partial charge is 0.287 e. The lowest BCUT2D eigenvalue weighted by Gasteiger charge is -2.20. The summed E-state index contributed by atoms with van der Waals surface area (Å²) in [5, 5.41) is 0. The minimum atomic E-state index is -4.99. The highest BCUT2D eigenvalue weighted by Crippen LogP contribution is 2.34. The fraction of sp³-hybridized carbons (Fsp3) is 0. The first-order valence-corrected chi connectivity index (χ1v) is 11.6. The standard InChI is InChI=1S/C20H12O6S2/c21-19-14-9-4-5-10-15(14)20(22)18-16(19)11-6-12-17(18)28(25,26)27(23,24)13-7-2-1-3-8-13/h1-12H. The van der Waals surface area contributed by atoms with Gasteiger partial charge >= 0.3 is 0 Å². The molecule has 6 nitrogen and oxygen atoms in total. The van der Waals surface area contributed by atoms with E-state index in [1.165, 1.54) is 36.4 Å². The van der Waals surface area contributed by atoms with Crippen LogP contribution in [0.4, 0.5) is 0 Å². The van der Waals surface area contributed by atoms with Crippen LogP contribution in [0.1, 0.15) is 31.8 Å². The maximum Gasteiger partial charge on any atom is 0.287 e. The van der Waals surface area contributed by atoms with E-state index < -0.39 is 44.7 Å². The van der Waals surface area contributed by atoms with Gasteiger partial charge in [-0.1, -0.05) is 54.6 Å². The number of hydrogen-bond donors (Lipinski definition) is 0. The van der Waals surface area contributed by atoms with Crippen molar-refractivity contribution >= 4 is 29.3 Å². The minimum Gasteiger partial charge on any atom is -0.289 e. The molecule has 1 aliphatic carbocycles. The normalized spacial score (nSPS) is 13.7. The summed E-state index contributed by atoms with van der Waals surface area (Å²) < 4.78 is 51.7. The fourth-order valence-corrected chi connectivity index (χ4v) is 7.05. The summed E-state index contributed by atoms with van der Waals surface area (Å²) in [6.07, 6.45) is 0. The SMILES string of the molecule is O=C1c2ccccc2C(=O)c2c1cccc2S(=O)(=O)S(=O)(=O)c1ccccc1. The molecule has 0 aliphatic heterocycles. The molecule has 0 fully saturated rings. The van der Waals surface area contributed by atoms with Crippen LogP contribution in [-0.4, -0.2) is 28.4 Å². The molecule has 0 unspecified atom stereocenters. The van der Waals surface area contributed by atoms with Gasteiger partial charge in [0.05, 0.1) is 15.4 Å². The van der Waals surface area contributed by atoms with Crippen molar-refractivity contribution < 1.29 is 26.4 Å². The topological polar surface area (TPSA) is 102 Å². The van der Waals surface area contributed by atoms with Gasteiger partial charge in [-0.05, 0) is 18.2 Å². The third kappa shape index (κ3) is 2.45. The lowest BCUT2D eigenvalue weighted by molar-refractivity contribution is 0.0976. The maximum atomic E-state index is 13.0. The first kappa shape index (κ1) is 18.3. The van der Waals surface area contributed by atoms with E-state index in [9.17, 15) is 26.4 Å². The zero-order chi connectivity index (χ0) is 20.1. The van der Waals surface area contributed by atoms with Gasteiger partial charge in [0.1, 0.15) is 0 Å². The van der Waals surface area contributed by atoms with Crippen molar-refractivity contribution in [2.24, 2.45) is 0 Å². The second-order valence-corrected chi connectivity index (χ2v) is 11.5. The van der Waals surface area contributed by atoms with Crippen molar-refractivity contribution in [3.63, 3.8) is 0 Å². The van der Waals surface area contributed by atoms with Gasteiger partial charge in [-0.2, -0.15) is 0 Å². The molecule has 1 aliphatic rings. The molecule has 0 heterocycles. The number of hydrogen-bond acceptors (Lipinski definition) is 6. The number of ketones is 2. The van der Waals surface area contributed by atoms with E-state index in [1.54, 1.807) is 18.2 Å². The first-order valence-electron chi connectivity index (χ1n) is 8.13. The fourth-order valence-electron chi connectivity index (χ4n) is 3.15. The molecule has 3 aromatic carbocycles. The second-order valence-electron chi connectivity index (χ2n) is 6.10. The summed E-state index contributed by atoms with van der Waals surface area (Å²) in [7, 11) is -9.83. The summed E-state index contributed by atoms with van der Waals surface area (Å²) in [5.74, 6) is -1.23. The highest BCUT2D eigenvalue weighted by atomic mass is 33.2. The van der Waals surface area contributed by atoms with E-state index in [-0.39, 0.29) is 16.7 Å². The van der Waals surface area contributed by atoms with Crippen LogP contribution < -0.4 is 0 Å². The van der Waals surface area contributed by atoms with Gasteiger partial charge in [0.25, 0.3) is 17.7 Å². The van der Waals surface area contributed by atoms with Crippen LogP contribution in [-0.2, 0) is 17.7 Å². The van der Waals surface area contributed by atoms with E-state index in [2.05, 4.69) is 0 Å². The summed E-state index contributed by atoms with van der Waals surface area (Å²) in [4.78, 5) is 24.6. The number of rotatable bonds is 3. The van der Waals surface area contributed by atoms with E-state index in [0.717, 1.165) is 18.2 Å². The Hall–Kier alpha value is -3.10. The van der Waals surface area contributed by atoms with Crippen LogP contribution in [0.5, 0.6) is 0 Å². The molecule has 0 amide bonds. The predicted molar refractivity (Wildman–Crippen MR) is 101 cm³/mol. The Morgan fingerprint density at radius 3 is 1.68 bits per heavy atom. The Bertz CT molecular complexity index is 1350. The largest absolute Gasteiger partial charge is 0.289 e. The van der Waals surface area contributed by atoms with Gasteiger partial charge in [-0.25, -0.2) is 16.8 Å². The first-order chi connectivity index (χ1) is 13.3. The molecule has 0 N–H and O–H groups in total. The highest BCUT2D eigenvalue weighted by molar-refractivity contribution is 8.67. The Kier molecular flexibility index (Phi) is 4.06. The molecule has 4 rings (SSSR count). The van der Waals surface area contributed by atoms with E-state index >= 15 is 0 Å². The van der Waals surface area contributed by atoms with Gasteiger partial charge in [-0.3, -0.25) is 9.59 Å². The summed E-state index contributed by atoms with van der Waals surface area (Å²) in [6.45, 7) is 0. The summed E-state index contributed by atoms with van der Waals surface area (Å²) in [5.41, 5.74) is -0.348. The lowest BCUT2D eigenvalue weighted by atomic mass is 9.84. The van der Waals surface area contributed by atoms with Crippen LogP contribution in [0.25, 0.3) is 0 Å². The van der Waals surface area contributed by atoms with E-state index in [4.69, 9.17) is 0 Å². The number of benzene rings is 3. The molecule has 3 aromatic rings. The molecule has 0 aromatic heterocycles. The van der Waals surface area contributed by atoms with Crippen LogP contribution in [0.15, 0.2) is 82.6 Å². The molecule has 0 bridgehead atoms. The zero-order valence-electron chi connectivity index (χ0n) is 14.2. The van der Waals surface area contributed by atoms with Gasteiger partial charge in [0.2, 0.25) is 0 Å². The monoisotopic (exact) mass is 412 g/mol. The summed E-state index contributed by atoms with van der Waals surface area (Å²) in [6, 6.07) is 16.3. The summed E-state index contributed by atoms with van der Waals surface area (Å²) >= 11 is 0. The minimum absolute atomic E-state index is 0.0414. The number of carbonyl (C=O) groups excluding carboxylic acids is 2. The number of carbonyl (C=O) groups is 2. The third-order valence-electron chi connectivity index (χ3n) is 4.50. The van der Waals surface area contributed by atoms with Gasteiger partial charge in [0, 0.05) is 16.7 Å². The molecule has 0 saturated heterocycles. The van der Waals surface area contributed by atoms with Crippen molar-refractivity contribution in [2.75, 3.05) is 0 Å². The highest BCUT2D eigenvalue weighted by Gasteiger charge is 2.40. The quantitative estimate of drug-likeness (QED) is 0.479. The average molecular weight is 412 g/mol. The molecule has 0 saturated carbocycles. The molecular weight excluding hydrogens is 400 g/mol. The van der Waals surface area contributed by atoms with Crippen LogP contribution in [0.2, 0.25) is 0 Å². The molecule has 0 atom stereocenters. The van der Waals surface area contributed by atoms with Crippen molar-refractivity contribution in [1.82, 2.24) is 0 Å². The van der Waals surface area contributed by atoms with Gasteiger partial charge < -0.3 is 0 Å². The van der Waals surface area contributed by atoms with Crippen molar-refractivity contribution in [2.45, 2.75) is 9.79 Å². The second kappa shape index (κ2) is 6.22. The third-order valence-corrected chi connectivity index (χ3v) is 9.66. The van der Waals surface area contributed by atoms with Gasteiger partial charge in [0.15, 0.2) is 11.6 Å². The molecule has 28 heavy (non-hydrogen) atoms. The molecule has 8 heteroatoms. The molecule has 140 valence electrons. The lowest BCUT2D eigenvalue weighted by Crippen LogP contribution is -2.26. The predicted octanol–water partition coefficient (Wildman–Crippen LogP) is 2.62. The van der Waals surface area contributed by atoms with Crippen LogP contribution >= 0.6 is 0 Å². The van der Waals surface area contributed by atoms with E-state index in [0.29, 0.717) is 0 Å². The Morgan fingerprint density at radius 2 is 1.04 bits per heavy atom. The Labute approximate surface area is 160 Å². The van der Waals surface area contributed by atoms with Crippen molar-refractivity contribution in [3.8, 4) is 0 Å². The van der Waals surface area contributed by atoms with Crippen molar-refractivity contribution in [3.05, 3.63) is 95.1 Å². The van der Waals surface area contributed by atoms with Crippen LogP contribution in [0, 0.1) is 0 Å². The van der Waals surface area contributed by atoms with Crippen LogP contribution in [0.3, 0.4) is 0 Å². The zero-order valence-corrected chi connectivity index (χ0v) is 15.8. The number of fused-ring (bicyclic) bond motifs is 2. The Morgan fingerprint density at radius 1 is 0.500 bits per heavy atom. The van der Waals surface area contributed by atoms with E-state index in [1.807, 2.05) is 0 Å². The maximum absolute atomic E-state index is 13.0. The molecule has 0 spiro atoms. The average Bonchev–Trinajstić information content (AvgIpc) is 2.72. The van der Waals surface area contributed by atoms with Gasteiger partial charge in [-0.15, -0.1) is 0 Å². The Balaban J connectivity index is 2.00.